The second kappa shape index (κ2) is 11.1. The van der Waals surface area contributed by atoms with E-state index >= 15 is 0 Å². The number of ketones is 2. The predicted octanol–water partition coefficient (Wildman–Crippen LogP) is 2.90. The maximum absolute atomic E-state index is 13.8. The van der Waals surface area contributed by atoms with Gasteiger partial charge in [0.05, 0.1) is 34.6 Å². The molecule has 6 N–H and O–H groups in total. The van der Waals surface area contributed by atoms with E-state index in [0.29, 0.717) is 0 Å². The maximum Gasteiger partial charge on any atom is 0.242 e. The van der Waals surface area contributed by atoms with Crippen LogP contribution in [0.5, 0.6) is 0 Å². The van der Waals surface area contributed by atoms with Crippen LogP contribution in [-0.2, 0) is 9.59 Å². The van der Waals surface area contributed by atoms with E-state index in [1.807, 2.05) is 41.5 Å². The smallest absolute Gasteiger partial charge is 0.242 e. The van der Waals surface area contributed by atoms with Crippen molar-refractivity contribution >= 4 is 34.8 Å². The molecule has 0 spiro atoms. The van der Waals surface area contributed by atoms with Crippen molar-refractivity contribution in [1.82, 2.24) is 21.7 Å². The van der Waals surface area contributed by atoms with Crippen LogP contribution in [0.1, 0.15) is 87.2 Å². The van der Waals surface area contributed by atoms with Crippen LogP contribution in [0.3, 0.4) is 0 Å². The topological polar surface area (TPSA) is 140 Å². The molecule has 0 saturated carbocycles. The Hall–Kier alpha value is -3.44. The van der Waals surface area contributed by atoms with E-state index in [1.54, 1.807) is 50.2 Å². The van der Waals surface area contributed by atoms with Gasteiger partial charge in [0, 0.05) is 22.2 Å². The van der Waals surface area contributed by atoms with Crippen LogP contribution in [0.4, 0.5) is 11.4 Å². The minimum absolute atomic E-state index is 0.0941. The van der Waals surface area contributed by atoms with Gasteiger partial charge in [-0.1, -0.05) is 24.3 Å². The molecule has 2 aromatic rings. The zero-order chi connectivity index (χ0) is 28.4. The fraction of sp³-hybridized carbons (Fsp3) is 0.429. The quantitative estimate of drug-likeness (QED) is 0.248. The lowest BCUT2D eigenvalue weighted by atomic mass is 9.82. The summed E-state index contributed by atoms with van der Waals surface area (Å²) in [4.78, 5) is 53.0. The third kappa shape index (κ3) is 6.90. The summed E-state index contributed by atoms with van der Waals surface area (Å²) in [5.74, 6) is -1.57. The average Bonchev–Trinajstić information content (AvgIpc) is 2.83. The zero-order valence-electron chi connectivity index (χ0n) is 23.3. The molecule has 0 fully saturated rings. The molecule has 10 heteroatoms. The Bertz CT molecular complexity index is 1170. The number of anilines is 2. The summed E-state index contributed by atoms with van der Waals surface area (Å²) in [7, 11) is 0. The van der Waals surface area contributed by atoms with Crippen LogP contribution >= 0.6 is 0 Å². The van der Waals surface area contributed by atoms with Gasteiger partial charge in [-0.3, -0.25) is 30.0 Å². The second-order valence-corrected chi connectivity index (χ2v) is 11.6. The molecule has 0 saturated heterocycles. The number of hydrazine groups is 2. The van der Waals surface area contributed by atoms with Gasteiger partial charge in [-0.15, -0.1) is 0 Å². The molecule has 0 heterocycles. The maximum atomic E-state index is 13.8. The fourth-order valence-corrected chi connectivity index (χ4v) is 3.71. The summed E-state index contributed by atoms with van der Waals surface area (Å²) in [5, 5.41) is 5.55. The summed E-state index contributed by atoms with van der Waals surface area (Å²) >= 11 is 0. The summed E-state index contributed by atoms with van der Waals surface area (Å²) in [6, 6.07) is 8.28. The van der Waals surface area contributed by atoms with Gasteiger partial charge in [0.15, 0.2) is 11.6 Å². The third-order valence-electron chi connectivity index (χ3n) is 5.70. The highest BCUT2D eigenvalue weighted by atomic mass is 16.2. The highest BCUT2D eigenvalue weighted by Crippen LogP contribution is 2.35. The first kappa shape index (κ1) is 29.1. The van der Waals surface area contributed by atoms with Crippen molar-refractivity contribution < 1.29 is 19.2 Å². The predicted molar refractivity (Wildman–Crippen MR) is 148 cm³/mol. The van der Waals surface area contributed by atoms with Crippen LogP contribution in [-0.4, -0.2) is 46.5 Å². The Kier molecular flexibility index (Phi) is 8.52. The van der Waals surface area contributed by atoms with E-state index < -0.39 is 17.9 Å². The molecule has 2 aromatic carbocycles. The molecule has 2 unspecified atom stereocenters. The lowest BCUT2D eigenvalue weighted by Crippen LogP contribution is -2.53. The van der Waals surface area contributed by atoms with Crippen molar-refractivity contribution in [3.63, 3.8) is 0 Å². The Morgan fingerprint density at radius 1 is 0.632 bits per heavy atom. The number of carbonyl (C=O) groups excluding carboxylic acids is 4. The van der Waals surface area contributed by atoms with E-state index in [0.717, 1.165) is 0 Å². The van der Waals surface area contributed by atoms with Crippen molar-refractivity contribution in [2.45, 2.75) is 78.6 Å². The minimum Gasteiger partial charge on any atom is -0.324 e. The molecular formula is C28H38N6O4. The summed E-state index contributed by atoms with van der Waals surface area (Å²) in [6.45, 7) is 15.1. The third-order valence-corrected chi connectivity index (χ3v) is 5.70. The average molecular weight is 523 g/mol. The molecule has 10 nitrogen and oxygen atoms in total. The van der Waals surface area contributed by atoms with Crippen LogP contribution in [0.2, 0.25) is 0 Å². The van der Waals surface area contributed by atoms with Gasteiger partial charge in [-0.25, -0.2) is 10.9 Å². The van der Waals surface area contributed by atoms with E-state index in [-0.39, 0.29) is 62.3 Å². The van der Waals surface area contributed by atoms with Gasteiger partial charge in [0.2, 0.25) is 11.8 Å². The number of amides is 2. The molecule has 3 rings (SSSR count). The Morgan fingerprint density at radius 3 is 1.34 bits per heavy atom. The van der Waals surface area contributed by atoms with Crippen LogP contribution < -0.4 is 32.3 Å². The van der Waals surface area contributed by atoms with Crippen molar-refractivity contribution in [2.75, 3.05) is 10.6 Å². The van der Waals surface area contributed by atoms with Crippen molar-refractivity contribution in [3.05, 3.63) is 58.7 Å². The first-order valence-electron chi connectivity index (χ1n) is 12.6. The minimum atomic E-state index is -0.627. The zero-order valence-corrected chi connectivity index (χ0v) is 23.3. The molecule has 1 aliphatic rings. The molecule has 0 aromatic heterocycles. The highest BCUT2D eigenvalue weighted by molar-refractivity contribution is 6.32. The molecule has 2 atom stereocenters. The summed E-state index contributed by atoms with van der Waals surface area (Å²) in [6.07, 6.45) is 0. The number of fused-ring (bicyclic) bond motifs is 2. The van der Waals surface area contributed by atoms with Crippen molar-refractivity contribution in [3.8, 4) is 0 Å². The number of nitrogens with one attached hydrogen (secondary N) is 6. The Balaban J connectivity index is 1.89. The Labute approximate surface area is 223 Å². The highest BCUT2D eigenvalue weighted by Gasteiger charge is 2.35. The summed E-state index contributed by atoms with van der Waals surface area (Å²) in [5.41, 5.74) is 12.5. The molecule has 0 radical (unpaired) electrons. The first-order valence-corrected chi connectivity index (χ1v) is 12.6. The molecule has 0 aliphatic heterocycles. The number of hydrogen-bond acceptors (Lipinski definition) is 8. The molecular weight excluding hydrogens is 484 g/mol. The number of rotatable bonds is 8. The number of benzene rings is 2. The molecule has 38 heavy (non-hydrogen) atoms. The van der Waals surface area contributed by atoms with Crippen LogP contribution in [0.25, 0.3) is 0 Å². The van der Waals surface area contributed by atoms with Crippen molar-refractivity contribution in [2.24, 2.45) is 0 Å². The fourth-order valence-electron chi connectivity index (χ4n) is 3.71. The lowest BCUT2D eigenvalue weighted by molar-refractivity contribution is -0.118. The van der Waals surface area contributed by atoms with E-state index in [2.05, 4.69) is 32.3 Å². The molecule has 1 aliphatic carbocycles. The van der Waals surface area contributed by atoms with Gasteiger partial charge < -0.3 is 10.6 Å². The lowest BCUT2D eigenvalue weighted by Gasteiger charge is -2.26. The van der Waals surface area contributed by atoms with Crippen molar-refractivity contribution in [1.29, 1.82) is 0 Å². The van der Waals surface area contributed by atoms with Gasteiger partial charge in [-0.05, 0) is 67.5 Å². The van der Waals surface area contributed by atoms with Crippen LogP contribution in [0, 0.1) is 0 Å². The first-order chi connectivity index (χ1) is 17.6. The van der Waals surface area contributed by atoms with E-state index in [1.165, 1.54) is 0 Å². The van der Waals surface area contributed by atoms with E-state index in [4.69, 9.17) is 0 Å². The van der Waals surface area contributed by atoms with Gasteiger partial charge in [0.25, 0.3) is 0 Å². The van der Waals surface area contributed by atoms with Gasteiger partial charge in [0.1, 0.15) is 0 Å². The number of hydrogen-bond donors (Lipinski definition) is 6. The second-order valence-electron chi connectivity index (χ2n) is 11.6. The SMILES string of the molecule is CC(NNC(C)(C)C)C(=O)Nc1cccc2c1C(=O)c1c(NC(=O)C(C)NNC(C)(C)C)cccc1C2=O. The summed E-state index contributed by atoms with van der Waals surface area (Å²) < 4.78 is 0. The van der Waals surface area contributed by atoms with Crippen LogP contribution in [0.15, 0.2) is 36.4 Å². The number of carbonyl (C=O) groups is 4. The van der Waals surface area contributed by atoms with Gasteiger partial charge >= 0.3 is 0 Å². The largest absolute Gasteiger partial charge is 0.324 e. The molecule has 2 amide bonds. The monoisotopic (exact) mass is 522 g/mol. The van der Waals surface area contributed by atoms with Gasteiger partial charge in [-0.2, -0.15) is 0 Å². The Morgan fingerprint density at radius 2 is 1.00 bits per heavy atom. The normalized spacial score (nSPS) is 14.8. The molecule has 0 bridgehead atoms. The standard InChI is InChI=1S/C28H38N6O4/c1-15(31-33-27(3,4)5)25(37)29-19-13-9-11-17-21(19)24(36)22-18(23(17)35)12-10-14-20(22)30-26(38)16(2)32-34-28(6,7)8/h9-16,31-34H,1-8H3,(H,29,37)(H,30,38). The van der Waals surface area contributed by atoms with E-state index in [9.17, 15) is 19.2 Å². The molecule has 204 valence electrons.